The Morgan fingerprint density at radius 2 is 1.95 bits per heavy atom. The van der Waals surface area contributed by atoms with Gasteiger partial charge in [0, 0.05) is 25.7 Å². The van der Waals surface area contributed by atoms with E-state index in [1.54, 1.807) is 0 Å². The van der Waals surface area contributed by atoms with E-state index in [9.17, 15) is 0 Å². The van der Waals surface area contributed by atoms with Crippen molar-refractivity contribution in [3.05, 3.63) is 0 Å². The highest BCUT2D eigenvalue weighted by atomic mass is 16.2. The molecule has 0 amide bonds. The topological polar surface area (TPSA) is 26.7 Å². The fraction of sp³-hybridized carbons (Fsp3) is 1.00. The van der Waals surface area contributed by atoms with E-state index in [0.29, 0.717) is 12.6 Å². The van der Waals surface area contributed by atoms with Gasteiger partial charge in [-0.05, 0) is 71.5 Å². The zero-order valence-electron chi connectivity index (χ0n) is 14.0. The van der Waals surface area contributed by atoms with Gasteiger partial charge in [0.2, 0.25) is 0 Å². The van der Waals surface area contributed by atoms with Crippen molar-refractivity contribution in [3.8, 4) is 0 Å². The molecular weight excluding hydrogens is 248 g/mol. The Morgan fingerprint density at radius 1 is 1.20 bits per heavy atom. The molecule has 1 fully saturated rings. The molecule has 0 spiro atoms. The molecular formula is C17H36N2O. The van der Waals surface area contributed by atoms with Crippen molar-refractivity contribution in [1.82, 2.24) is 9.80 Å². The largest absolute Gasteiger partial charge is 0.396 e. The lowest BCUT2D eigenvalue weighted by Crippen LogP contribution is -2.44. The first-order valence-corrected chi connectivity index (χ1v) is 8.74. The number of piperidine rings is 1. The highest BCUT2D eigenvalue weighted by Gasteiger charge is 2.23. The van der Waals surface area contributed by atoms with Crippen LogP contribution in [0.4, 0.5) is 0 Å². The summed E-state index contributed by atoms with van der Waals surface area (Å²) in [7, 11) is 0. The van der Waals surface area contributed by atoms with Crippen molar-refractivity contribution >= 4 is 0 Å². The lowest BCUT2D eigenvalue weighted by Gasteiger charge is -2.37. The van der Waals surface area contributed by atoms with Crippen LogP contribution in [0.15, 0.2) is 0 Å². The molecule has 0 bridgehead atoms. The van der Waals surface area contributed by atoms with E-state index in [1.165, 1.54) is 58.4 Å². The lowest BCUT2D eigenvalue weighted by atomic mass is 9.96. The Balaban J connectivity index is 2.37. The molecule has 1 N–H and O–H groups in total. The SMILES string of the molecule is CCCCN(CCCCO)C[C@H]1CCCN(C(C)C)C1. The predicted octanol–water partition coefficient (Wildman–Crippen LogP) is 2.98. The number of likely N-dealkylation sites (tertiary alicyclic amines) is 1. The normalized spacial score (nSPS) is 21.0. The second-order valence-corrected chi connectivity index (χ2v) is 6.68. The maximum absolute atomic E-state index is 8.95. The minimum Gasteiger partial charge on any atom is -0.396 e. The highest BCUT2D eigenvalue weighted by molar-refractivity contribution is 4.77. The minimum absolute atomic E-state index is 0.339. The second-order valence-electron chi connectivity index (χ2n) is 6.68. The third kappa shape index (κ3) is 7.05. The number of unbranched alkanes of at least 4 members (excludes halogenated alkanes) is 2. The first-order chi connectivity index (χ1) is 9.67. The molecule has 0 aliphatic carbocycles. The number of aliphatic hydroxyl groups excluding tert-OH is 1. The number of hydrogen-bond acceptors (Lipinski definition) is 3. The van der Waals surface area contributed by atoms with Crippen LogP contribution in [0.2, 0.25) is 0 Å². The maximum atomic E-state index is 8.95. The van der Waals surface area contributed by atoms with Gasteiger partial charge in [0.15, 0.2) is 0 Å². The Bertz CT molecular complexity index is 233. The van der Waals surface area contributed by atoms with Crippen LogP contribution in [-0.2, 0) is 0 Å². The van der Waals surface area contributed by atoms with Crippen LogP contribution in [0.3, 0.4) is 0 Å². The predicted molar refractivity (Wildman–Crippen MR) is 87.1 cm³/mol. The molecule has 0 saturated carbocycles. The highest BCUT2D eigenvalue weighted by Crippen LogP contribution is 2.20. The zero-order chi connectivity index (χ0) is 14.8. The average Bonchev–Trinajstić information content (AvgIpc) is 2.45. The molecule has 3 heteroatoms. The van der Waals surface area contributed by atoms with Crippen molar-refractivity contribution < 1.29 is 5.11 Å². The van der Waals surface area contributed by atoms with Gasteiger partial charge >= 0.3 is 0 Å². The second kappa shape index (κ2) is 10.6. The van der Waals surface area contributed by atoms with E-state index in [-0.39, 0.29) is 0 Å². The fourth-order valence-corrected chi connectivity index (χ4v) is 3.20. The van der Waals surface area contributed by atoms with Gasteiger partial charge in [-0.15, -0.1) is 0 Å². The summed E-state index contributed by atoms with van der Waals surface area (Å²) in [5.41, 5.74) is 0. The number of nitrogens with zero attached hydrogens (tertiary/aromatic N) is 2. The van der Waals surface area contributed by atoms with Gasteiger partial charge in [0.1, 0.15) is 0 Å². The van der Waals surface area contributed by atoms with Gasteiger partial charge in [-0.1, -0.05) is 13.3 Å². The first-order valence-electron chi connectivity index (χ1n) is 8.74. The van der Waals surface area contributed by atoms with E-state index in [2.05, 4.69) is 30.6 Å². The van der Waals surface area contributed by atoms with Gasteiger partial charge < -0.3 is 14.9 Å². The van der Waals surface area contributed by atoms with Gasteiger partial charge in [-0.3, -0.25) is 0 Å². The van der Waals surface area contributed by atoms with Crippen LogP contribution in [0.25, 0.3) is 0 Å². The molecule has 1 aliphatic heterocycles. The number of aliphatic hydroxyl groups is 1. The Hall–Kier alpha value is -0.120. The Labute approximate surface area is 126 Å². The smallest absolute Gasteiger partial charge is 0.0431 e. The van der Waals surface area contributed by atoms with E-state index in [0.717, 1.165) is 18.8 Å². The quantitative estimate of drug-likeness (QED) is 0.625. The third-order valence-electron chi connectivity index (χ3n) is 4.51. The van der Waals surface area contributed by atoms with Gasteiger partial charge in [-0.2, -0.15) is 0 Å². The summed E-state index contributed by atoms with van der Waals surface area (Å²) in [6.45, 7) is 13.5. The maximum Gasteiger partial charge on any atom is 0.0431 e. The van der Waals surface area contributed by atoms with Gasteiger partial charge in [0.05, 0.1) is 0 Å². The van der Waals surface area contributed by atoms with Crippen LogP contribution in [0.5, 0.6) is 0 Å². The summed E-state index contributed by atoms with van der Waals surface area (Å²) >= 11 is 0. The monoisotopic (exact) mass is 284 g/mol. The Morgan fingerprint density at radius 3 is 2.60 bits per heavy atom. The molecule has 0 unspecified atom stereocenters. The van der Waals surface area contributed by atoms with Crippen molar-refractivity contribution in [3.63, 3.8) is 0 Å². The van der Waals surface area contributed by atoms with Gasteiger partial charge in [-0.25, -0.2) is 0 Å². The fourth-order valence-electron chi connectivity index (χ4n) is 3.20. The molecule has 0 aromatic heterocycles. The summed E-state index contributed by atoms with van der Waals surface area (Å²) < 4.78 is 0. The molecule has 0 aromatic carbocycles. The third-order valence-corrected chi connectivity index (χ3v) is 4.51. The standard InChI is InChI=1S/C17H36N2O/c1-4-5-10-18(11-6-7-13-20)14-17-9-8-12-19(15-17)16(2)3/h16-17,20H,4-15H2,1-3H3/t17-/m1/s1. The first kappa shape index (κ1) is 17.9. The van der Waals surface area contributed by atoms with Crippen LogP contribution in [0.1, 0.15) is 59.3 Å². The van der Waals surface area contributed by atoms with Crippen LogP contribution in [0, 0.1) is 5.92 Å². The lowest BCUT2D eigenvalue weighted by molar-refractivity contribution is 0.108. The molecule has 1 heterocycles. The number of rotatable bonds is 10. The molecule has 1 rings (SSSR count). The molecule has 1 saturated heterocycles. The van der Waals surface area contributed by atoms with Crippen molar-refractivity contribution in [2.45, 2.75) is 65.3 Å². The van der Waals surface area contributed by atoms with Crippen LogP contribution in [-0.4, -0.2) is 60.3 Å². The molecule has 1 aliphatic rings. The minimum atomic E-state index is 0.339. The van der Waals surface area contributed by atoms with Crippen LogP contribution >= 0.6 is 0 Å². The van der Waals surface area contributed by atoms with E-state index in [4.69, 9.17) is 5.11 Å². The average molecular weight is 284 g/mol. The van der Waals surface area contributed by atoms with Crippen molar-refractivity contribution in [2.75, 3.05) is 39.3 Å². The zero-order valence-corrected chi connectivity index (χ0v) is 14.0. The Kier molecular flexibility index (Phi) is 9.49. The van der Waals surface area contributed by atoms with E-state index in [1.807, 2.05) is 0 Å². The molecule has 120 valence electrons. The summed E-state index contributed by atoms with van der Waals surface area (Å²) in [4.78, 5) is 5.29. The molecule has 20 heavy (non-hydrogen) atoms. The summed E-state index contributed by atoms with van der Waals surface area (Å²) in [5, 5.41) is 8.95. The molecule has 1 atom stereocenters. The number of hydrogen-bond donors (Lipinski definition) is 1. The van der Waals surface area contributed by atoms with E-state index >= 15 is 0 Å². The van der Waals surface area contributed by atoms with Crippen LogP contribution < -0.4 is 0 Å². The molecule has 3 nitrogen and oxygen atoms in total. The van der Waals surface area contributed by atoms with Crippen molar-refractivity contribution in [2.24, 2.45) is 5.92 Å². The molecule has 0 aromatic rings. The van der Waals surface area contributed by atoms with E-state index < -0.39 is 0 Å². The summed E-state index contributed by atoms with van der Waals surface area (Å²) in [6.07, 6.45) is 7.43. The van der Waals surface area contributed by atoms with Gasteiger partial charge in [0.25, 0.3) is 0 Å². The van der Waals surface area contributed by atoms with Crippen molar-refractivity contribution in [1.29, 1.82) is 0 Å². The molecule has 0 radical (unpaired) electrons. The summed E-state index contributed by atoms with van der Waals surface area (Å²) in [6, 6.07) is 0.691. The summed E-state index contributed by atoms with van der Waals surface area (Å²) in [5.74, 6) is 0.845.